The smallest absolute Gasteiger partial charge is 0.248 e. The zero-order chi connectivity index (χ0) is 16.6. The van der Waals surface area contributed by atoms with E-state index in [1.165, 1.54) is 6.07 Å². The van der Waals surface area contributed by atoms with Gasteiger partial charge in [0, 0.05) is 11.1 Å². The number of hydrogen-bond acceptors (Lipinski definition) is 2. The van der Waals surface area contributed by atoms with E-state index in [0.717, 1.165) is 5.56 Å². The van der Waals surface area contributed by atoms with Gasteiger partial charge in [-0.25, -0.2) is 0 Å². The van der Waals surface area contributed by atoms with Gasteiger partial charge in [-0.1, -0.05) is 41.5 Å². The van der Waals surface area contributed by atoms with Crippen molar-refractivity contribution in [1.82, 2.24) is 0 Å². The third kappa shape index (κ3) is 4.06. The monoisotopic (exact) mass is 290 g/mol. The SMILES string of the molecule is CC(C)(C)C(c1cc(C(N)=O)cc(C(N)=O)c1)C(C)(C)C. The Morgan fingerprint density at radius 3 is 1.38 bits per heavy atom. The van der Waals surface area contributed by atoms with Crippen molar-refractivity contribution in [3.05, 3.63) is 34.9 Å². The summed E-state index contributed by atoms with van der Waals surface area (Å²) in [5.41, 5.74) is 12.2. The highest BCUT2D eigenvalue weighted by molar-refractivity contribution is 5.98. The third-order valence-corrected chi connectivity index (χ3v) is 3.59. The van der Waals surface area contributed by atoms with E-state index in [4.69, 9.17) is 11.5 Å². The van der Waals surface area contributed by atoms with Crippen molar-refractivity contribution in [2.45, 2.75) is 47.5 Å². The molecule has 0 fully saturated rings. The van der Waals surface area contributed by atoms with Gasteiger partial charge in [0.2, 0.25) is 11.8 Å². The average molecular weight is 290 g/mol. The van der Waals surface area contributed by atoms with Gasteiger partial charge >= 0.3 is 0 Å². The molecule has 21 heavy (non-hydrogen) atoms. The number of hydrogen-bond donors (Lipinski definition) is 2. The van der Waals surface area contributed by atoms with Gasteiger partial charge in [0.05, 0.1) is 0 Å². The standard InChI is InChI=1S/C17H26N2O2/c1-16(2,3)13(17(4,5)6)10-7-11(14(18)20)9-12(8-10)15(19)21/h7-9,13H,1-6H3,(H2,18,20)(H2,19,21). The highest BCUT2D eigenvalue weighted by Crippen LogP contribution is 2.47. The summed E-state index contributed by atoms with van der Waals surface area (Å²) < 4.78 is 0. The Balaban J connectivity index is 3.58. The topological polar surface area (TPSA) is 86.2 Å². The second-order valence-corrected chi connectivity index (χ2v) is 7.74. The van der Waals surface area contributed by atoms with Gasteiger partial charge in [0.1, 0.15) is 0 Å². The molecular weight excluding hydrogens is 264 g/mol. The van der Waals surface area contributed by atoms with Crippen LogP contribution in [0.5, 0.6) is 0 Å². The fourth-order valence-corrected chi connectivity index (χ4v) is 3.40. The Morgan fingerprint density at radius 2 is 1.14 bits per heavy atom. The molecule has 1 aromatic rings. The molecule has 0 aliphatic heterocycles. The van der Waals surface area contributed by atoms with E-state index in [1.807, 2.05) is 0 Å². The quantitative estimate of drug-likeness (QED) is 0.896. The zero-order valence-corrected chi connectivity index (χ0v) is 13.8. The van der Waals surface area contributed by atoms with Crippen molar-refractivity contribution < 1.29 is 9.59 Å². The first-order valence-corrected chi connectivity index (χ1v) is 7.08. The lowest BCUT2D eigenvalue weighted by Crippen LogP contribution is -2.31. The molecule has 1 aromatic carbocycles. The maximum atomic E-state index is 11.5. The molecule has 0 saturated heterocycles. The molecule has 0 spiro atoms. The number of carbonyl (C=O) groups is 2. The molecule has 4 heteroatoms. The van der Waals surface area contributed by atoms with Crippen molar-refractivity contribution in [2.75, 3.05) is 0 Å². The second kappa shape index (κ2) is 5.51. The van der Waals surface area contributed by atoms with E-state index in [2.05, 4.69) is 41.5 Å². The van der Waals surface area contributed by atoms with Crippen molar-refractivity contribution in [3.8, 4) is 0 Å². The number of carbonyl (C=O) groups excluding carboxylic acids is 2. The van der Waals surface area contributed by atoms with Crippen LogP contribution in [0.4, 0.5) is 0 Å². The maximum absolute atomic E-state index is 11.5. The highest BCUT2D eigenvalue weighted by atomic mass is 16.1. The molecule has 0 unspecified atom stereocenters. The molecule has 4 nitrogen and oxygen atoms in total. The van der Waals surface area contributed by atoms with Gasteiger partial charge in [-0.15, -0.1) is 0 Å². The molecule has 0 aromatic heterocycles. The Kier molecular flexibility index (Phi) is 4.51. The molecule has 0 aliphatic rings. The first-order valence-electron chi connectivity index (χ1n) is 7.08. The first-order chi connectivity index (χ1) is 9.34. The average Bonchev–Trinajstić information content (AvgIpc) is 2.24. The summed E-state index contributed by atoms with van der Waals surface area (Å²) in [6.45, 7) is 12.9. The van der Waals surface area contributed by atoms with E-state index < -0.39 is 11.8 Å². The Hall–Kier alpha value is -1.84. The van der Waals surface area contributed by atoms with Gasteiger partial charge in [0.25, 0.3) is 0 Å². The van der Waals surface area contributed by atoms with E-state index in [9.17, 15) is 9.59 Å². The maximum Gasteiger partial charge on any atom is 0.248 e. The molecule has 0 heterocycles. The minimum absolute atomic E-state index is 0.0383. The highest BCUT2D eigenvalue weighted by Gasteiger charge is 2.36. The van der Waals surface area contributed by atoms with Crippen LogP contribution in [0.25, 0.3) is 0 Å². The molecule has 0 saturated carbocycles. The van der Waals surface area contributed by atoms with Crippen LogP contribution in [-0.2, 0) is 0 Å². The van der Waals surface area contributed by atoms with E-state index >= 15 is 0 Å². The number of amides is 2. The van der Waals surface area contributed by atoms with Crippen molar-refractivity contribution in [2.24, 2.45) is 22.3 Å². The molecule has 4 N–H and O–H groups in total. The predicted octanol–water partition coefficient (Wildman–Crippen LogP) is 3.06. The van der Waals surface area contributed by atoms with Crippen LogP contribution < -0.4 is 11.5 Å². The number of nitrogens with two attached hydrogens (primary N) is 2. The van der Waals surface area contributed by atoms with Crippen LogP contribution in [0.1, 0.15) is 73.7 Å². The summed E-state index contributed by atoms with van der Waals surface area (Å²) in [5, 5.41) is 0. The number of benzene rings is 1. The lowest BCUT2D eigenvalue weighted by molar-refractivity contribution is 0.0999. The number of primary amides is 2. The zero-order valence-electron chi connectivity index (χ0n) is 13.8. The van der Waals surface area contributed by atoms with Gasteiger partial charge in [-0.05, 0) is 40.5 Å². The molecule has 0 radical (unpaired) electrons. The lowest BCUT2D eigenvalue weighted by Gasteiger charge is -2.41. The van der Waals surface area contributed by atoms with Crippen LogP contribution in [0, 0.1) is 10.8 Å². The molecule has 2 amide bonds. The van der Waals surface area contributed by atoms with E-state index in [1.54, 1.807) is 12.1 Å². The number of rotatable bonds is 3. The van der Waals surface area contributed by atoms with Gasteiger partial charge < -0.3 is 11.5 Å². The van der Waals surface area contributed by atoms with E-state index in [0.29, 0.717) is 11.1 Å². The molecule has 1 rings (SSSR count). The van der Waals surface area contributed by atoms with Crippen LogP contribution in [-0.4, -0.2) is 11.8 Å². The summed E-state index contributed by atoms with van der Waals surface area (Å²) in [6, 6.07) is 5.00. The Labute approximate surface area is 126 Å². The Morgan fingerprint density at radius 1 is 0.810 bits per heavy atom. The fraction of sp³-hybridized carbons (Fsp3) is 0.529. The van der Waals surface area contributed by atoms with Gasteiger partial charge in [-0.2, -0.15) is 0 Å². The molecule has 0 aliphatic carbocycles. The van der Waals surface area contributed by atoms with Crippen molar-refractivity contribution in [3.63, 3.8) is 0 Å². The molecule has 0 bridgehead atoms. The minimum Gasteiger partial charge on any atom is -0.366 e. The van der Waals surface area contributed by atoms with E-state index in [-0.39, 0.29) is 16.7 Å². The molecule has 116 valence electrons. The van der Waals surface area contributed by atoms with Gasteiger partial charge in [0.15, 0.2) is 0 Å². The summed E-state index contributed by atoms with van der Waals surface area (Å²) in [7, 11) is 0. The molecular formula is C17H26N2O2. The lowest BCUT2D eigenvalue weighted by atomic mass is 9.63. The first kappa shape index (κ1) is 17.2. The largest absolute Gasteiger partial charge is 0.366 e. The molecule has 0 atom stereocenters. The van der Waals surface area contributed by atoms with Crippen LogP contribution >= 0.6 is 0 Å². The van der Waals surface area contributed by atoms with Crippen LogP contribution in [0.15, 0.2) is 18.2 Å². The van der Waals surface area contributed by atoms with Gasteiger partial charge in [-0.3, -0.25) is 9.59 Å². The van der Waals surface area contributed by atoms with Crippen molar-refractivity contribution >= 4 is 11.8 Å². The second-order valence-electron chi connectivity index (χ2n) is 7.74. The summed E-state index contributed by atoms with van der Waals surface area (Å²) in [6.07, 6.45) is 0. The normalized spacial score (nSPS) is 12.5. The summed E-state index contributed by atoms with van der Waals surface area (Å²) in [4.78, 5) is 23.0. The summed E-state index contributed by atoms with van der Waals surface area (Å²) >= 11 is 0. The third-order valence-electron chi connectivity index (χ3n) is 3.59. The summed E-state index contributed by atoms with van der Waals surface area (Å²) in [5.74, 6) is -0.968. The van der Waals surface area contributed by atoms with Crippen LogP contribution in [0.2, 0.25) is 0 Å². The van der Waals surface area contributed by atoms with Crippen LogP contribution in [0.3, 0.4) is 0 Å². The fourth-order valence-electron chi connectivity index (χ4n) is 3.40. The Bertz CT molecular complexity index is 517. The van der Waals surface area contributed by atoms with Crippen molar-refractivity contribution in [1.29, 1.82) is 0 Å². The predicted molar refractivity (Wildman–Crippen MR) is 85.1 cm³/mol. The minimum atomic E-state index is -0.555.